The Bertz CT molecular complexity index is 1420. The number of nitrogens with zero attached hydrogens (tertiary/aromatic N) is 4. The predicted molar refractivity (Wildman–Crippen MR) is 135 cm³/mol. The number of carbonyl (C=O) groups excluding carboxylic acids is 2. The molecule has 178 valence electrons. The number of benzene rings is 2. The Kier molecular flexibility index (Phi) is 6.32. The lowest BCUT2D eigenvalue weighted by Crippen LogP contribution is -2.43. The van der Waals surface area contributed by atoms with Crippen molar-refractivity contribution in [1.82, 2.24) is 19.5 Å². The Morgan fingerprint density at radius 3 is 2.63 bits per heavy atom. The van der Waals surface area contributed by atoms with E-state index in [4.69, 9.17) is 33.9 Å². The second-order valence-electron chi connectivity index (χ2n) is 8.35. The molecule has 0 saturated carbocycles. The molecule has 8 nitrogen and oxygen atoms in total. The zero-order valence-electron chi connectivity index (χ0n) is 18.6. The fourth-order valence-corrected chi connectivity index (χ4v) is 4.77. The number of likely N-dealkylation sites (tertiary alicyclic amines) is 1. The van der Waals surface area contributed by atoms with E-state index in [0.717, 1.165) is 29.1 Å². The van der Waals surface area contributed by atoms with Gasteiger partial charge in [-0.05, 0) is 42.7 Å². The highest BCUT2D eigenvalue weighted by atomic mass is 35.5. The molecule has 35 heavy (non-hydrogen) atoms. The molecule has 0 bridgehead atoms. The fraction of sp³-hybridized carbons (Fsp3) is 0.200. The summed E-state index contributed by atoms with van der Waals surface area (Å²) in [5.41, 5.74) is 9.10. The third-order valence-electron chi connectivity index (χ3n) is 6.10. The van der Waals surface area contributed by atoms with Gasteiger partial charge < -0.3 is 16.0 Å². The van der Waals surface area contributed by atoms with Crippen molar-refractivity contribution in [3.05, 3.63) is 82.0 Å². The molecule has 0 spiro atoms. The van der Waals surface area contributed by atoms with Crippen LogP contribution in [0, 0.1) is 0 Å². The van der Waals surface area contributed by atoms with E-state index in [1.54, 1.807) is 39.9 Å². The van der Waals surface area contributed by atoms with Crippen LogP contribution in [-0.4, -0.2) is 43.9 Å². The van der Waals surface area contributed by atoms with Crippen molar-refractivity contribution < 1.29 is 9.59 Å². The first-order valence-electron chi connectivity index (χ1n) is 11.1. The maximum absolute atomic E-state index is 12.9. The van der Waals surface area contributed by atoms with E-state index in [-0.39, 0.29) is 5.91 Å². The molecule has 2 aromatic heterocycles. The van der Waals surface area contributed by atoms with Gasteiger partial charge in [-0.1, -0.05) is 41.4 Å². The Balaban J connectivity index is 1.40. The van der Waals surface area contributed by atoms with E-state index < -0.39 is 11.9 Å². The summed E-state index contributed by atoms with van der Waals surface area (Å²) in [5.74, 6) is 0.0764. The summed E-state index contributed by atoms with van der Waals surface area (Å²) in [5, 5.41) is 8.88. The molecule has 1 aliphatic rings. The lowest BCUT2D eigenvalue weighted by molar-refractivity contribution is -0.121. The van der Waals surface area contributed by atoms with Gasteiger partial charge in [-0.2, -0.15) is 9.61 Å². The molecule has 2 aromatic carbocycles. The van der Waals surface area contributed by atoms with Gasteiger partial charge in [0.1, 0.15) is 11.9 Å². The maximum Gasteiger partial charge on any atom is 0.254 e. The van der Waals surface area contributed by atoms with Crippen LogP contribution in [0.4, 0.5) is 5.82 Å². The molecule has 10 heteroatoms. The quantitative estimate of drug-likeness (QED) is 0.401. The average Bonchev–Trinajstić information content (AvgIpc) is 3.53. The number of carbonyl (C=O) groups is 2. The minimum absolute atomic E-state index is 0.195. The summed E-state index contributed by atoms with van der Waals surface area (Å²) in [4.78, 5) is 30.9. The van der Waals surface area contributed by atoms with Gasteiger partial charge in [-0.15, -0.1) is 0 Å². The minimum atomic E-state index is -0.545. The fourth-order valence-electron chi connectivity index (χ4n) is 4.29. The van der Waals surface area contributed by atoms with Crippen molar-refractivity contribution in [2.45, 2.75) is 25.4 Å². The van der Waals surface area contributed by atoms with E-state index >= 15 is 0 Å². The molecule has 1 saturated heterocycles. The summed E-state index contributed by atoms with van der Waals surface area (Å²) in [6.45, 7) is 0.999. The van der Waals surface area contributed by atoms with Crippen LogP contribution in [-0.2, 0) is 11.3 Å². The highest BCUT2D eigenvalue weighted by Crippen LogP contribution is 2.26. The lowest BCUT2D eigenvalue weighted by atomic mass is 10.1. The molecule has 1 fully saturated rings. The highest BCUT2D eigenvalue weighted by Gasteiger charge is 2.33. The maximum atomic E-state index is 12.9. The number of nitrogens with two attached hydrogens (primary N) is 1. The van der Waals surface area contributed by atoms with Crippen molar-refractivity contribution in [3.63, 3.8) is 0 Å². The Morgan fingerprint density at radius 1 is 1.09 bits per heavy atom. The molecular formula is C25H22Cl2N6O2. The number of hydrogen-bond acceptors (Lipinski definition) is 5. The molecule has 4 aromatic rings. The van der Waals surface area contributed by atoms with Gasteiger partial charge in [0.2, 0.25) is 5.91 Å². The van der Waals surface area contributed by atoms with E-state index in [1.807, 2.05) is 30.3 Å². The molecule has 5 rings (SSSR count). The number of primary amides is 1. The molecule has 0 aliphatic carbocycles. The van der Waals surface area contributed by atoms with Crippen LogP contribution < -0.4 is 11.1 Å². The Morgan fingerprint density at radius 2 is 1.89 bits per heavy atom. The van der Waals surface area contributed by atoms with Gasteiger partial charge in [-0.25, -0.2) is 4.98 Å². The largest absolute Gasteiger partial charge is 0.368 e. The topological polar surface area (TPSA) is 106 Å². The average molecular weight is 509 g/mol. The van der Waals surface area contributed by atoms with Crippen molar-refractivity contribution in [2.75, 3.05) is 11.9 Å². The predicted octanol–water partition coefficient (Wildman–Crippen LogP) is 4.41. The normalized spacial score (nSPS) is 15.5. The zero-order chi connectivity index (χ0) is 24.5. The van der Waals surface area contributed by atoms with Crippen LogP contribution >= 0.6 is 23.2 Å². The molecule has 1 atom stereocenters. The number of hydrogen-bond donors (Lipinski definition) is 2. The molecule has 1 aliphatic heterocycles. The first kappa shape index (κ1) is 23.1. The number of amides is 2. The van der Waals surface area contributed by atoms with Crippen molar-refractivity contribution in [3.8, 4) is 11.3 Å². The van der Waals surface area contributed by atoms with Crippen LogP contribution in [0.3, 0.4) is 0 Å². The Hall–Kier alpha value is -3.62. The van der Waals surface area contributed by atoms with Gasteiger partial charge in [0.25, 0.3) is 5.91 Å². The number of rotatable bonds is 6. The first-order chi connectivity index (χ1) is 16.9. The summed E-state index contributed by atoms with van der Waals surface area (Å²) >= 11 is 12.3. The van der Waals surface area contributed by atoms with E-state index in [9.17, 15) is 9.59 Å². The van der Waals surface area contributed by atoms with Gasteiger partial charge in [0.15, 0.2) is 5.65 Å². The third-order valence-corrected chi connectivity index (χ3v) is 6.69. The summed E-state index contributed by atoms with van der Waals surface area (Å²) < 4.78 is 1.71. The number of anilines is 1. The Labute approximate surface area is 211 Å². The first-order valence-corrected chi connectivity index (χ1v) is 11.9. The third kappa shape index (κ3) is 4.67. The lowest BCUT2D eigenvalue weighted by Gasteiger charge is -2.22. The standard InChI is InChI=1S/C25H22Cl2N6O2/c26-18-8-7-17(19(27)12-18)14-29-23-13-20(31-22-9-10-30-33(22)23)15-3-5-16(6-4-15)25(35)32-11-1-2-21(32)24(28)34/h3-10,12-13,21,29H,1-2,11,14H2,(H2,28,34)/t21-/m1/s1. The van der Waals surface area contributed by atoms with Crippen molar-refractivity contribution in [2.24, 2.45) is 5.73 Å². The van der Waals surface area contributed by atoms with Crippen molar-refractivity contribution in [1.29, 1.82) is 0 Å². The molecule has 0 radical (unpaired) electrons. The molecule has 3 heterocycles. The van der Waals surface area contributed by atoms with Crippen LogP contribution in [0.2, 0.25) is 10.0 Å². The van der Waals surface area contributed by atoms with Gasteiger partial charge >= 0.3 is 0 Å². The van der Waals surface area contributed by atoms with Crippen molar-refractivity contribution >= 4 is 46.5 Å². The molecule has 3 N–H and O–H groups in total. The smallest absolute Gasteiger partial charge is 0.254 e. The monoisotopic (exact) mass is 508 g/mol. The number of fused-ring (bicyclic) bond motifs is 1. The van der Waals surface area contributed by atoms with Crippen LogP contribution in [0.1, 0.15) is 28.8 Å². The van der Waals surface area contributed by atoms with Crippen LogP contribution in [0.25, 0.3) is 16.9 Å². The van der Waals surface area contributed by atoms with Gasteiger partial charge in [-0.3, -0.25) is 9.59 Å². The van der Waals surface area contributed by atoms with Gasteiger partial charge in [0.05, 0.1) is 11.9 Å². The van der Waals surface area contributed by atoms with E-state index in [2.05, 4.69) is 10.4 Å². The number of aromatic nitrogens is 3. The summed E-state index contributed by atoms with van der Waals surface area (Å²) in [7, 11) is 0. The summed E-state index contributed by atoms with van der Waals surface area (Å²) in [6.07, 6.45) is 3.05. The minimum Gasteiger partial charge on any atom is -0.368 e. The number of nitrogens with one attached hydrogen (secondary N) is 1. The second kappa shape index (κ2) is 9.56. The van der Waals surface area contributed by atoms with Crippen LogP contribution in [0.15, 0.2) is 60.8 Å². The summed E-state index contributed by atoms with van der Waals surface area (Å²) in [6, 6.07) is 15.7. The van der Waals surface area contributed by atoms with E-state index in [0.29, 0.717) is 40.8 Å². The molecular weight excluding hydrogens is 487 g/mol. The van der Waals surface area contributed by atoms with E-state index in [1.165, 1.54) is 0 Å². The molecule has 2 amide bonds. The van der Waals surface area contributed by atoms with Gasteiger partial charge in [0, 0.05) is 46.4 Å². The number of halogens is 2. The highest BCUT2D eigenvalue weighted by molar-refractivity contribution is 6.35. The van der Waals surface area contributed by atoms with Crippen LogP contribution in [0.5, 0.6) is 0 Å². The zero-order valence-corrected chi connectivity index (χ0v) is 20.1. The molecule has 0 unspecified atom stereocenters. The SMILES string of the molecule is NC(=O)[C@H]1CCCN1C(=O)c1ccc(-c2cc(NCc3ccc(Cl)cc3Cl)n3nccc3n2)cc1. The second-order valence-corrected chi connectivity index (χ2v) is 9.20.